The van der Waals surface area contributed by atoms with E-state index < -0.39 is 0 Å². The van der Waals surface area contributed by atoms with Crippen LogP contribution in [0.2, 0.25) is 0 Å². The number of hydrogen-bond donors (Lipinski definition) is 1. The molecule has 2 heterocycles. The molecule has 0 unspecified atom stereocenters. The van der Waals surface area contributed by atoms with Crippen molar-refractivity contribution in [1.82, 2.24) is 19.8 Å². The van der Waals surface area contributed by atoms with E-state index in [9.17, 15) is 4.79 Å². The summed E-state index contributed by atoms with van der Waals surface area (Å²) in [6.07, 6.45) is 5.30. The standard InChI is InChI=1S/C20H28N4O2/c1-3-4-9-19-21-14-16(22-19)15-23-10-12-24(13-11-23)20(25)17-7-5-6-8-18(17)26-2/h5-8,14H,3-4,9-13,15H2,1-2H3,(H,21,22). The molecule has 3 rings (SSSR count). The van der Waals surface area contributed by atoms with Gasteiger partial charge in [0, 0.05) is 51.0 Å². The molecular formula is C20H28N4O2. The maximum Gasteiger partial charge on any atom is 0.257 e. The lowest BCUT2D eigenvalue weighted by Gasteiger charge is -2.34. The number of unbranched alkanes of at least 4 members (excludes halogenated alkanes) is 1. The fraction of sp³-hybridized carbons (Fsp3) is 0.500. The number of nitrogens with one attached hydrogen (secondary N) is 1. The van der Waals surface area contributed by atoms with Crippen molar-refractivity contribution in [1.29, 1.82) is 0 Å². The van der Waals surface area contributed by atoms with E-state index in [0.717, 1.165) is 57.1 Å². The third kappa shape index (κ3) is 4.43. The maximum atomic E-state index is 12.8. The number of imidazole rings is 1. The first-order valence-electron chi connectivity index (χ1n) is 9.38. The van der Waals surface area contributed by atoms with Gasteiger partial charge in [0.2, 0.25) is 0 Å². The summed E-state index contributed by atoms with van der Waals surface area (Å²) < 4.78 is 5.32. The number of methoxy groups -OCH3 is 1. The number of piperazine rings is 1. The van der Waals surface area contributed by atoms with Crippen LogP contribution < -0.4 is 4.74 Å². The Bertz CT molecular complexity index is 720. The first kappa shape index (κ1) is 18.5. The van der Waals surface area contributed by atoms with Crippen LogP contribution in [-0.4, -0.2) is 59.0 Å². The minimum absolute atomic E-state index is 0.0468. The minimum Gasteiger partial charge on any atom is -0.496 e. The molecule has 0 radical (unpaired) electrons. The van der Waals surface area contributed by atoms with Gasteiger partial charge >= 0.3 is 0 Å². The lowest BCUT2D eigenvalue weighted by molar-refractivity contribution is 0.0624. The first-order chi connectivity index (χ1) is 12.7. The number of rotatable bonds is 7. The highest BCUT2D eigenvalue weighted by Gasteiger charge is 2.24. The fourth-order valence-corrected chi connectivity index (χ4v) is 3.30. The van der Waals surface area contributed by atoms with E-state index in [1.54, 1.807) is 7.11 Å². The van der Waals surface area contributed by atoms with Crippen LogP contribution >= 0.6 is 0 Å². The molecule has 0 atom stereocenters. The van der Waals surface area contributed by atoms with Crippen molar-refractivity contribution in [3.05, 3.63) is 47.5 Å². The molecule has 1 aliphatic heterocycles. The molecule has 0 aliphatic carbocycles. The topological polar surface area (TPSA) is 61.5 Å². The van der Waals surface area contributed by atoms with Crippen molar-refractivity contribution in [2.24, 2.45) is 0 Å². The summed E-state index contributed by atoms with van der Waals surface area (Å²) in [5.74, 6) is 1.76. The molecule has 0 spiro atoms. The van der Waals surface area contributed by atoms with Gasteiger partial charge in [-0.15, -0.1) is 0 Å². The van der Waals surface area contributed by atoms with Crippen LogP contribution in [0.5, 0.6) is 5.75 Å². The number of hydrogen-bond acceptors (Lipinski definition) is 4. The Balaban J connectivity index is 1.52. The number of carbonyl (C=O) groups is 1. The van der Waals surface area contributed by atoms with E-state index in [-0.39, 0.29) is 5.91 Å². The Morgan fingerprint density at radius 3 is 2.73 bits per heavy atom. The van der Waals surface area contributed by atoms with E-state index in [2.05, 4.69) is 21.8 Å². The van der Waals surface area contributed by atoms with Crippen molar-refractivity contribution in [3.8, 4) is 5.75 Å². The predicted octanol–water partition coefficient (Wildman–Crippen LogP) is 2.72. The van der Waals surface area contributed by atoms with Gasteiger partial charge in [0.25, 0.3) is 5.91 Å². The molecule has 1 amide bonds. The number of amides is 1. The van der Waals surface area contributed by atoms with E-state index >= 15 is 0 Å². The second-order valence-corrected chi connectivity index (χ2v) is 6.73. The molecule has 1 saturated heterocycles. The summed E-state index contributed by atoms with van der Waals surface area (Å²) in [7, 11) is 1.60. The Kier molecular flexibility index (Phi) is 6.28. The van der Waals surface area contributed by atoms with E-state index in [0.29, 0.717) is 11.3 Å². The molecule has 0 bridgehead atoms. The average molecular weight is 356 g/mol. The van der Waals surface area contributed by atoms with Gasteiger partial charge in [-0.05, 0) is 18.6 Å². The van der Waals surface area contributed by atoms with Crippen molar-refractivity contribution in [3.63, 3.8) is 0 Å². The van der Waals surface area contributed by atoms with Gasteiger partial charge < -0.3 is 14.6 Å². The van der Waals surface area contributed by atoms with Gasteiger partial charge in [0.1, 0.15) is 11.6 Å². The van der Waals surface area contributed by atoms with Crippen LogP contribution in [0.25, 0.3) is 0 Å². The number of carbonyl (C=O) groups excluding carboxylic acids is 1. The molecule has 1 aromatic carbocycles. The Morgan fingerprint density at radius 1 is 1.23 bits per heavy atom. The summed E-state index contributed by atoms with van der Waals surface area (Å²) in [5.41, 5.74) is 1.79. The monoisotopic (exact) mass is 356 g/mol. The normalized spacial score (nSPS) is 15.2. The largest absolute Gasteiger partial charge is 0.496 e. The molecule has 0 saturated carbocycles. The smallest absolute Gasteiger partial charge is 0.257 e. The van der Waals surface area contributed by atoms with Gasteiger partial charge in [-0.25, -0.2) is 4.98 Å². The van der Waals surface area contributed by atoms with Crippen LogP contribution in [0, 0.1) is 0 Å². The molecule has 6 nitrogen and oxygen atoms in total. The molecular weight excluding hydrogens is 328 g/mol. The molecule has 26 heavy (non-hydrogen) atoms. The molecule has 1 fully saturated rings. The number of H-pyrrole nitrogens is 1. The van der Waals surface area contributed by atoms with Crippen molar-refractivity contribution in [2.45, 2.75) is 32.7 Å². The number of benzene rings is 1. The Morgan fingerprint density at radius 2 is 2.00 bits per heavy atom. The van der Waals surface area contributed by atoms with Gasteiger partial charge in [0.15, 0.2) is 0 Å². The zero-order valence-corrected chi connectivity index (χ0v) is 15.7. The van der Waals surface area contributed by atoms with Gasteiger partial charge in [0.05, 0.1) is 12.7 Å². The number of nitrogens with zero attached hydrogens (tertiary/aromatic N) is 3. The van der Waals surface area contributed by atoms with Crippen molar-refractivity contribution < 1.29 is 9.53 Å². The molecule has 140 valence electrons. The van der Waals surface area contributed by atoms with Gasteiger partial charge in [-0.2, -0.15) is 0 Å². The quantitative estimate of drug-likeness (QED) is 0.829. The summed E-state index contributed by atoms with van der Waals surface area (Å²) in [4.78, 5) is 24.9. The highest BCUT2D eigenvalue weighted by atomic mass is 16.5. The first-order valence-corrected chi connectivity index (χ1v) is 9.38. The lowest BCUT2D eigenvalue weighted by Crippen LogP contribution is -2.48. The third-order valence-electron chi connectivity index (χ3n) is 4.84. The Hall–Kier alpha value is -2.34. The lowest BCUT2D eigenvalue weighted by atomic mass is 10.1. The van der Waals surface area contributed by atoms with Crippen LogP contribution in [0.4, 0.5) is 0 Å². The number of ether oxygens (including phenoxy) is 1. The minimum atomic E-state index is 0.0468. The summed E-state index contributed by atoms with van der Waals surface area (Å²) in [6.45, 7) is 6.24. The number of para-hydroxylation sites is 1. The van der Waals surface area contributed by atoms with Crippen LogP contribution in [0.3, 0.4) is 0 Å². The van der Waals surface area contributed by atoms with Gasteiger partial charge in [-0.3, -0.25) is 9.69 Å². The molecule has 2 aromatic rings. The summed E-state index contributed by atoms with van der Waals surface area (Å²) >= 11 is 0. The zero-order valence-electron chi connectivity index (χ0n) is 15.7. The highest BCUT2D eigenvalue weighted by molar-refractivity contribution is 5.97. The third-order valence-corrected chi connectivity index (χ3v) is 4.84. The molecule has 6 heteroatoms. The van der Waals surface area contributed by atoms with E-state index in [4.69, 9.17) is 4.74 Å². The number of aryl methyl sites for hydroxylation is 1. The zero-order chi connectivity index (χ0) is 18.4. The second kappa shape index (κ2) is 8.85. The average Bonchev–Trinajstić information content (AvgIpc) is 3.13. The molecule has 1 N–H and O–H groups in total. The van der Waals surface area contributed by atoms with Crippen LogP contribution in [-0.2, 0) is 13.0 Å². The second-order valence-electron chi connectivity index (χ2n) is 6.73. The van der Waals surface area contributed by atoms with Crippen LogP contribution in [0.15, 0.2) is 30.5 Å². The number of aromatic nitrogens is 2. The van der Waals surface area contributed by atoms with E-state index in [1.165, 1.54) is 6.42 Å². The summed E-state index contributed by atoms with van der Waals surface area (Å²) in [5, 5.41) is 0. The van der Waals surface area contributed by atoms with Crippen molar-refractivity contribution >= 4 is 5.91 Å². The fourth-order valence-electron chi connectivity index (χ4n) is 3.30. The summed E-state index contributed by atoms with van der Waals surface area (Å²) in [6, 6.07) is 7.42. The highest BCUT2D eigenvalue weighted by Crippen LogP contribution is 2.20. The van der Waals surface area contributed by atoms with Crippen LogP contribution in [0.1, 0.15) is 41.6 Å². The SMILES string of the molecule is CCCCc1ncc(CN2CCN(C(=O)c3ccccc3OC)CC2)[nH]1. The number of aromatic amines is 1. The van der Waals surface area contributed by atoms with Crippen molar-refractivity contribution in [2.75, 3.05) is 33.3 Å². The Labute approximate surface area is 155 Å². The van der Waals surface area contributed by atoms with E-state index in [1.807, 2.05) is 35.4 Å². The molecule has 1 aromatic heterocycles. The predicted molar refractivity (Wildman–Crippen MR) is 101 cm³/mol. The maximum absolute atomic E-state index is 12.8. The molecule has 1 aliphatic rings. The van der Waals surface area contributed by atoms with Gasteiger partial charge in [-0.1, -0.05) is 25.5 Å².